The zero-order valence-corrected chi connectivity index (χ0v) is 17.6. The van der Waals surface area contributed by atoms with E-state index in [2.05, 4.69) is 10.6 Å². The maximum absolute atomic E-state index is 11.6. The number of nitrogens with one attached hydrogen (secondary N) is 2. The fourth-order valence-corrected chi connectivity index (χ4v) is 1.45. The Balaban J connectivity index is -0.000000533. The Kier molecular flexibility index (Phi) is 23.9. The van der Waals surface area contributed by atoms with Crippen LogP contribution in [0.25, 0.3) is 0 Å². The van der Waals surface area contributed by atoms with Gasteiger partial charge in [0.1, 0.15) is 0 Å². The fourth-order valence-electron chi connectivity index (χ4n) is 1.45. The molecule has 3 nitrogen and oxygen atoms in total. The highest BCUT2D eigenvalue weighted by molar-refractivity contribution is 5.99. The van der Waals surface area contributed by atoms with Crippen LogP contribution in [0.2, 0.25) is 0 Å². The molecule has 0 aliphatic heterocycles. The maximum Gasteiger partial charge on any atom is 0.323 e. The van der Waals surface area contributed by atoms with Gasteiger partial charge in [-0.3, -0.25) is 0 Å². The van der Waals surface area contributed by atoms with Crippen LogP contribution in [0.4, 0.5) is 16.2 Å². The molecule has 2 aromatic carbocycles. The van der Waals surface area contributed by atoms with Crippen LogP contribution in [-0.2, 0) is 0 Å². The number of aryl methyl sites for hydroxylation is 1. The maximum atomic E-state index is 11.6. The predicted octanol–water partition coefficient (Wildman–Crippen LogP) is 7.74. The largest absolute Gasteiger partial charge is 0.323 e. The average molecular weight is 347 g/mol. The molecule has 0 aromatic heterocycles. The summed E-state index contributed by atoms with van der Waals surface area (Å²) >= 11 is 0. The lowest BCUT2D eigenvalue weighted by Gasteiger charge is -2.07. The van der Waals surface area contributed by atoms with E-state index in [9.17, 15) is 4.79 Å². The molecule has 0 bridgehead atoms. The van der Waals surface area contributed by atoms with Gasteiger partial charge in [0.2, 0.25) is 0 Å². The number of hydrogen-bond acceptors (Lipinski definition) is 1. The predicted molar refractivity (Wildman–Crippen MR) is 116 cm³/mol. The first kappa shape index (κ1) is 27.6. The highest BCUT2D eigenvalue weighted by Gasteiger charge is 2.01. The molecule has 0 unspecified atom stereocenters. The summed E-state index contributed by atoms with van der Waals surface area (Å²) < 4.78 is 0. The summed E-state index contributed by atoms with van der Waals surface area (Å²) in [5.74, 6) is 0. The number of hydrogen-bond donors (Lipinski definition) is 2. The van der Waals surface area contributed by atoms with Gasteiger partial charge >= 0.3 is 6.03 Å². The molecule has 0 atom stereocenters. The van der Waals surface area contributed by atoms with Gasteiger partial charge in [0.25, 0.3) is 0 Å². The van der Waals surface area contributed by atoms with Crippen molar-refractivity contribution in [3.05, 3.63) is 60.2 Å². The van der Waals surface area contributed by atoms with Gasteiger partial charge in [-0.15, -0.1) is 0 Å². The summed E-state index contributed by atoms with van der Waals surface area (Å²) in [7, 11) is 0. The molecule has 2 N–H and O–H groups in total. The first-order valence-corrected chi connectivity index (χ1v) is 9.44. The summed E-state index contributed by atoms with van der Waals surface area (Å²) in [4.78, 5) is 11.6. The van der Waals surface area contributed by atoms with Crippen molar-refractivity contribution in [2.75, 3.05) is 10.6 Å². The average Bonchev–Trinajstić information content (AvgIpc) is 2.71. The van der Waals surface area contributed by atoms with Crippen molar-refractivity contribution in [2.24, 2.45) is 0 Å². The molecule has 2 aromatic rings. The van der Waals surface area contributed by atoms with E-state index in [1.165, 1.54) is 5.56 Å². The molecule has 0 aliphatic carbocycles. The Morgan fingerprint density at radius 3 is 1.36 bits per heavy atom. The second-order valence-corrected chi connectivity index (χ2v) is 3.81. The summed E-state index contributed by atoms with van der Waals surface area (Å²) in [6, 6.07) is 16.8. The van der Waals surface area contributed by atoms with Gasteiger partial charge < -0.3 is 10.6 Å². The minimum Gasteiger partial charge on any atom is -0.308 e. The third-order valence-corrected chi connectivity index (χ3v) is 2.34. The van der Waals surface area contributed by atoms with Gasteiger partial charge in [0, 0.05) is 11.4 Å². The number of carbonyl (C=O) groups excluding carboxylic acids is 1. The van der Waals surface area contributed by atoms with Gasteiger partial charge in [-0.1, -0.05) is 91.3 Å². The van der Waals surface area contributed by atoms with Crippen molar-refractivity contribution in [1.29, 1.82) is 0 Å². The van der Waals surface area contributed by atoms with E-state index in [1.807, 2.05) is 117 Å². The van der Waals surface area contributed by atoms with Crippen LogP contribution >= 0.6 is 0 Å². The van der Waals surface area contributed by atoms with E-state index < -0.39 is 0 Å². The molecule has 0 saturated carbocycles. The van der Waals surface area contributed by atoms with Crippen molar-refractivity contribution in [2.45, 2.75) is 62.3 Å². The molecule has 142 valence electrons. The molecule has 0 heterocycles. The van der Waals surface area contributed by atoms with Crippen LogP contribution in [0.5, 0.6) is 0 Å². The molecule has 0 saturated heterocycles. The first-order valence-electron chi connectivity index (χ1n) is 9.44. The van der Waals surface area contributed by atoms with E-state index >= 15 is 0 Å². The van der Waals surface area contributed by atoms with Crippen molar-refractivity contribution < 1.29 is 4.79 Å². The lowest BCUT2D eigenvalue weighted by Crippen LogP contribution is -2.19. The molecule has 2 amide bonds. The Morgan fingerprint density at radius 2 is 0.960 bits per heavy atom. The quantitative estimate of drug-likeness (QED) is 0.573. The minimum atomic E-state index is -0.236. The summed E-state index contributed by atoms with van der Waals surface area (Å²) in [5.41, 5.74) is 2.72. The van der Waals surface area contributed by atoms with Crippen LogP contribution in [0.15, 0.2) is 54.6 Å². The first-order chi connectivity index (χ1) is 12.2. The van der Waals surface area contributed by atoms with E-state index in [-0.39, 0.29) is 6.03 Å². The molecule has 0 fully saturated rings. The van der Waals surface area contributed by atoms with Crippen molar-refractivity contribution in [3.63, 3.8) is 0 Å². The fraction of sp³-hybridized carbons (Fsp3) is 0.409. The molecule has 0 radical (unpaired) electrons. The van der Waals surface area contributed by atoms with Crippen molar-refractivity contribution in [1.82, 2.24) is 0 Å². The molecule has 25 heavy (non-hydrogen) atoms. The topological polar surface area (TPSA) is 41.1 Å². The van der Waals surface area contributed by atoms with Crippen LogP contribution in [0.3, 0.4) is 0 Å². The summed E-state index contributed by atoms with van der Waals surface area (Å²) in [6.45, 7) is 18.0. The third kappa shape index (κ3) is 15.0. The zero-order chi connectivity index (χ0) is 20.1. The van der Waals surface area contributed by atoms with Crippen LogP contribution in [-0.4, -0.2) is 6.03 Å². The minimum absolute atomic E-state index is 0.236. The molecule has 2 rings (SSSR count). The van der Waals surface area contributed by atoms with E-state index in [0.717, 1.165) is 11.4 Å². The Morgan fingerprint density at radius 1 is 0.600 bits per heavy atom. The Hall–Kier alpha value is -2.29. The smallest absolute Gasteiger partial charge is 0.308 e. The number of para-hydroxylation sites is 1. The van der Waals surface area contributed by atoms with Crippen LogP contribution in [0, 0.1) is 6.92 Å². The van der Waals surface area contributed by atoms with E-state index in [4.69, 9.17) is 0 Å². The number of rotatable bonds is 2. The Labute approximate surface area is 155 Å². The van der Waals surface area contributed by atoms with Gasteiger partial charge in [0.15, 0.2) is 0 Å². The highest BCUT2D eigenvalue weighted by atomic mass is 16.2. The van der Waals surface area contributed by atoms with Gasteiger partial charge in [0.05, 0.1) is 0 Å². The molecular formula is C22H38N2O. The number of benzene rings is 2. The number of anilines is 2. The van der Waals surface area contributed by atoms with Gasteiger partial charge in [-0.25, -0.2) is 4.79 Å². The van der Waals surface area contributed by atoms with Gasteiger partial charge in [-0.05, 0) is 31.2 Å². The second-order valence-electron chi connectivity index (χ2n) is 3.81. The van der Waals surface area contributed by atoms with E-state index in [0.29, 0.717) is 0 Å². The lowest BCUT2D eigenvalue weighted by atomic mass is 10.2. The molecule has 0 spiro atoms. The molecule has 3 heteroatoms. The van der Waals surface area contributed by atoms with Crippen molar-refractivity contribution in [3.8, 4) is 0 Å². The third-order valence-electron chi connectivity index (χ3n) is 2.34. The van der Waals surface area contributed by atoms with E-state index in [1.54, 1.807) is 0 Å². The van der Waals surface area contributed by atoms with Crippen molar-refractivity contribution >= 4 is 17.4 Å². The van der Waals surface area contributed by atoms with Gasteiger partial charge in [-0.2, -0.15) is 0 Å². The molecule has 0 aliphatic rings. The summed E-state index contributed by atoms with van der Waals surface area (Å²) in [5, 5.41) is 5.52. The number of carbonyl (C=O) groups is 1. The highest BCUT2D eigenvalue weighted by Crippen LogP contribution is 2.10. The van der Waals surface area contributed by atoms with Crippen LogP contribution in [0.1, 0.15) is 61.0 Å². The SMILES string of the molecule is CC.CC.CC.CC.Cc1ccc(NC(=O)Nc2ccccc2)cc1. The number of amides is 2. The summed E-state index contributed by atoms with van der Waals surface area (Å²) in [6.07, 6.45) is 0. The second kappa shape index (κ2) is 21.7. The Bertz CT molecular complexity index is 493. The monoisotopic (exact) mass is 346 g/mol. The standard InChI is InChI=1S/C14H14N2O.4C2H6/c1-11-7-9-13(10-8-11)16-14(17)15-12-5-3-2-4-6-12;4*1-2/h2-10H,1H3,(H2,15,16,17);4*1-2H3. The van der Waals surface area contributed by atoms with Crippen LogP contribution < -0.4 is 10.6 Å². The molecular weight excluding hydrogens is 308 g/mol. The number of urea groups is 1. The zero-order valence-electron chi connectivity index (χ0n) is 17.6. The lowest BCUT2D eigenvalue weighted by molar-refractivity contribution is 0.262. The normalized spacial score (nSPS) is 7.56.